The van der Waals surface area contributed by atoms with Gasteiger partial charge in [-0.25, -0.2) is 0 Å². The number of nitrogens with one attached hydrogen (secondary N) is 2. The molecular weight excluding hydrogens is 517 g/mol. The fourth-order valence-corrected chi connectivity index (χ4v) is 5.27. The minimum absolute atomic E-state index is 0. The molecular formula is C24H40IN5O2. The highest BCUT2D eigenvalue weighted by molar-refractivity contribution is 14.0. The van der Waals surface area contributed by atoms with Crippen molar-refractivity contribution in [2.75, 3.05) is 39.3 Å². The number of carbonyl (C=O) groups is 1. The maximum atomic E-state index is 12.8. The summed E-state index contributed by atoms with van der Waals surface area (Å²) >= 11 is 0. The van der Waals surface area contributed by atoms with Crippen molar-refractivity contribution >= 4 is 35.8 Å². The molecule has 3 heterocycles. The lowest BCUT2D eigenvalue weighted by atomic mass is 10.1. The summed E-state index contributed by atoms with van der Waals surface area (Å²) in [6.07, 6.45) is 8.02. The smallest absolute Gasteiger partial charge is 0.225 e. The van der Waals surface area contributed by atoms with Gasteiger partial charge in [0.15, 0.2) is 5.96 Å². The molecule has 2 unspecified atom stereocenters. The maximum Gasteiger partial charge on any atom is 0.225 e. The summed E-state index contributed by atoms with van der Waals surface area (Å²) in [4.78, 5) is 22.3. The summed E-state index contributed by atoms with van der Waals surface area (Å²) in [6.45, 7) is 9.42. The van der Waals surface area contributed by atoms with Crippen LogP contribution in [0, 0.1) is 12.8 Å². The van der Waals surface area contributed by atoms with Crippen molar-refractivity contribution in [2.45, 2.75) is 70.9 Å². The van der Waals surface area contributed by atoms with Gasteiger partial charge in [0.1, 0.15) is 11.5 Å². The Labute approximate surface area is 209 Å². The second kappa shape index (κ2) is 12.3. The highest BCUT2D eigenvalue weighted by Crippen LogP contribution is 2.28. The molecule has 8 heteroatoms. The Morgan fingerprint density at radius 1 is 1.16 bits per heavy atom. The van der Waals surface area contributed by atoms with E-state index in [-0.39, 0.29) is 42.0 Å². The number of aryl methyl sites for hydroxylation is 1. The summed E-state index contributed by atoms with van der Waals surface area (Å²) in [7, 11) is 0. The van der Waals surface area contributed by atoms with Crippen molar-refractivity contribution in [3.63, 3.8) is 0 Å². The van der Waals surface area contributed by atoms with Crippen molar-refractivity contribution in [3.8, 4) is 0 Å². The zero-order chi connectivity index (χ0) is 21.6. The number of hydrogen-bond acceptors (Lipinski definition) is 4. The number of nitrogens with zero attached hydrogens (tertiary/aromatic N) is 3. The molecule has 2 aliphatic heterocycles. The highest BCUT2D eigenvalue weighted by atomic mass is 127. The second-order valence-electron chi connectivity index (χ2n) is 9.32. The van der Waals surface area contributed by atoms with Crippen LogP contribution in [0.2, 0.25) is 0 Å². The Hall–Kier alpha value is -1.29. The van der Waals surface area contributed by atoms with E-state index in [9.17, 15) is 4.79 Å². The molecule has 1 aromatic heterocycles. The van der Waals surface area contributed by atoms with Crippen LogP contribution < -0.4 is 10.6 Å². The van der Waals surface area contributed by atoms with Gasteiger partial charge in [0.25, 0.3) is 0 Å². The first-order valence-corrected chi connectivity index (χ1v) is 12.3. The standard InChI is InChI=1S/C24H39N5O2.HI/c1-3-25-24(27-20-12-15-29(17-20)23(30)19-8-4-5-9-19)26-16-21(28-13-6-7-14-28)22-11-10-18(2)31-22;/h10-11,19-21H,3-9,12-17H2,1-2H3,(H2,25,26,27);1H. The first-order valence-electron chi connectivity index (χ1n) is 12.3. The van der Waals surface area contributed by atoms with Gasteiger partial charge >= 0.3 is 0 Å². The molecule has 3 aliphatic rings. The largest absolute Gasteiger partial charge is 0.465 e. The lowest BCUT2D eigenvalue weighted by Crippen LogP contribution is -2.45. The molecule has 2 saturated heterocycles. The summed E-state index contributed by atoms with van der Waals surface area (Å²) < 4.78 is 5.98. The summed E-state index contributed by atoms with van der Waals surface area (Å²) in [5.41, 5.74) is 0. The van der Waals surface area contributed by atoms with Gasteiger partial charge in [0, 0.05) is 31.6 Å². The van der Waals surface area contributed by atoms with E-state index in [1.165, 1.54) is 25.7 Å². The van der Waals surface area contributed by atoms with E-state index in [1.54, 1.807) is 0 Å². The van der Waals surface area contributed by atoms with Gasteiger partial charge in [-0.1, -0.05) is 12.8 Å². The second-order valence-corrected chi connectivity index (χ2v) is 9.32. The number of furan rings is 1. The monoisotopic (exact) mass is 557 g/mol. The van der Waals surface area contributed by atoms with Gasteiger partial charge in [0.05, 0.1) is 12.6 Å². The molecule has 1 aliphatic carbocycles. The Balaban J connectivity index is 0.00000289. The highest BCUT2D eigenvalue weighted by Gasteiger charge is 2.32. The average molecular weight is 558 g/mol. The molecule has 0 bridgehead atoms. The van der Waals surface area contributed by atoms with E-state index in [0.29, 0.717) is 12.5 Å². The van der Waals surface area contributed by atoms with E-state index in [1.807, 2.05) is 13.0 Å². The van der Waals surface area contributed by atoms with Gasteiger partial charge in [0.2, 0.25) is 5.91 Å². The first kappa shape index (κ1) is 25.3. The summed E-state index contributed by atoms with van der Waals surface area (Å²) in [5, 5.41) is 6.99. The lowest BCUT2D eigenvalue weighted by Gasteiger charge is -2.25. The van der Waals surface area contributed by atoms with Crippen LogP contribution in [0.4, 0.5) is 0 Å². The summed E-state index contributed by atoms with van der Waals surface area (Å²) in [6, 6.07) is 4.58. The van der Waals surface area contributed by atoms with Crippen LogP contribution in [-0.4, -0.2) is 67.0 Å². The Kier molecular flexibility index (Phi) is 9.70. The normalized spacial score (nSPS) is 23.4. The van der Waals surface area contributed by atoms with Gasteiger partial charge < -0.3 is 20.0 Å². The van der Waals surface area contributed by atoms with E-state index >= 15 is 0 Å². The zero-order valence-electron chi connectivity index (χ0n) is 19.6. The van der Waals surface area contributed by atoms with Crippen molar-refractivity contribution in [1.82, 2.24) is 20.4 Å². The lowest BCUT2D eigenvalue weighted by molar-refractivity contribution is -0.134. The third kappa shape index (κ3) is 6.40. The van der Waals surface area contributed by atoms with E-state index < -0.39 is 0 Å². The first-order chi connectivity index (χ1) is 15.1. The fraction of sp³-hybridized carbons (Fsp3) is 0.750. The molecule has 1 amide bonds. The molecule has 2 atom stereocenters. The predicted molar refractivity (Wildman–Crippen MR) is 138 cm³/mol. The third-order valence-electron chi connectivity index (χ3n) is 6.98. The number of amides is 1. The van der Waals surface area contributed by atoms with Crippen LogP contribution in [0.3, 0.4) is 0 Å². The van der Waals surface area contributed by atoms with Gasteiger partial charge in [-0.05, 0) is 71.2 Å². The molecule has 180 valence electrons. The third-order valence-corrected chi connectivity index (χ3v) is 6.98. The van der Waals surface area contributed by atoms with Gasteiger partial charge in [-0.15, -0.1) is 24.0 Å². The predicted octanol–water partition coefficient (Wildman–Crippen LogP) is 3.69. The van der Waals surface area contributed by atoms with Crippen molar-refractivity contribution in [2.24, 2.45) is 10.9 Å². The molecule has 1 aromatic rings. The molecule has 3 fully saturated rings. The number of aliphatic imine (C=N–C) groups is 1. The van der Waals surface area contributed by atoms with Crippen LogP contribution >= 0.6 is 24.0 Å². The SMILES string of the molecule is CCNC(=NCC(c1ccc(C)o1)N1CCCC1)NC1CCN(C(=O)C2CCCC2)C1.I. The minimum atomic E-state index is 0. The van der Waals surface area contributed by atoms with Gasteiger partial charge in [-0.2, -0.15) is 0 Å². The Morgan fingerprint density at radius 2 is 1.91 bits per heavy atom. The van der Waals surface area contributed by atoms with E-state index in [0.717, 1.165) is 69.5 Å². The van der Waals surface area contributed by atoms with Crippen molar-refractivity contribution in [1.29, 1.82) is 0 Å². The summed E-state index contributed by atoms with van der Waals surface area (Å²) in [5.74, 6) is 3.43. The molecule has 2 N–H and O–H groups in total. The van der Waals surface area contributed by atoms with Gasteiger partial charge in [-0.3, -0.25) is 14.7 Å². The number of guanidine groups is 1. The number of carbonyl (C=O) groups excluding carboxylic acids is 1. The quantitative estimate of drug-likeness (QED) is 0.304. The van der Waals surface area contributed by atoms with E-state index in [4.69, 9.17) is 9.41 Å². The molecule has 32 heavy (non-hydrogen) atoms. The van der Waals surface area contributed by atoms with E-state index in [2.05, 4.69) is 33.4 Å². The van der Waals surface area contributed by atoms with Crippen molar-refractivity contribution in [3.05, 3.63) is 23.7 Å². The zero-order valence-corrected chi connectivity index (χ0v) is 22.0. The topological polar surface area (TPSA) is 73.1 Å². The van der Waals surface area contributed by atoms with Crippen molar-refractivity contribution < 1.29 is 9.21 Å². The molecule has 0 aromatic carbocycles. The number of hydrogen-bond donors (Lipinski definition) is 2. The average Bonchev–Trinajstić information content (AvgIpc) is 3.55. The molecule has 7 nitrogen and oxygen atoms in total. The Bertz CT molecular complexity index is 755. The molecule has 0 radical (unpaired) electrons. The number of likely N-dealkylation sites (tertiary alicyclic amines) is 2. The van der Waals surface area contributed by atoms with Crippen LogP contribution in [-0.2, 0) is 4.79 Å². The van der Waals surface area contributed by atoms with Crippen LogP contribution in [0.25, 0.3) is 0 Å². The van der Waals surface area contributed by atoms with Crippen LogP contribution in [0.15, 0.2) is 21.5 Å². The molecule has 0 spiro atoms. The minimum Gasteiger partial charge on any atom is -0.465 e. The van der Waals surface area contributed by atoms with Crippen LogP contribution in [0.5, 0.6) is 0 Å². The van der Waals surface area contributed by atoms with Crippen LogP contribution in [0.1, 0.15) is 69.4 Å². The Morgan fingerprint density at radius 3 is 2.56 bits per heavy atom. The molecule has 4 rings (SSSR count). The molecule has 1 saturated carbocycles. The number of rotatable bonds is 7. The number of halogens is 1. The maximum absolute atomic E-state index is 12.8. The fourth-order valence-electron chi connectivity index (χ4n) is 5.27.